The highest BCUT2D eigenvalue weighted by Crippen LogP contribution is 2.31. The lowest BCUT2D eigenvalue weighted by atomic mass is 9.83. The van der Waals surface area contributed by atoms with Crippen molar-refractivity contribution in [1.82, 2.24) is 15.1 Å². The van der Waals surface area contributed by atoms with Gasteiger partial charge in [0.05, 0.1) is 6.26 Å². The number of carbonyl (C=O) groups excluding carboxylic acids is 2. The molecule has 0 aromatic carbocycles. The number of piperidine rings is 1. The molecule has 3 heterocycles. The second-order valence-electron chi connectivity index (χ2n) is 5.64. The minimum absolute atomic E-state index is 0.0888. The number of hydrogen-bond donors (Lipinski definition) is 1. The normalized spacial score (nSPS) is 22.3. The number of nitrogens with zero attached hydrogens (tertiary/aromatic N) is 2. The van der Waals surface area contributed by atoms with Crippen molar-refractivity contribution in [1.29, 1.82) is 0 Å². The second kappa shape index (κ2) is 5.52. The highest BCUT2D eigenvalue weighted by atomic mass is 16.3. The summed E-state index contributed by atoms with van der Waals surface area (Å²) in [5.74, 6) is 0.390. The number of rotatable bonds is 2. The second-order valence-corrected chi connectivity index (χ2v) is 5.64. The third-order valence-electron chi connectivity index (χ3n) is 4.69. The third kappa shape index (κ3) is 2.33. The van der Waals surface area contributed by atoms with E-state index in [0.29, 0.717) is 38.2 Å². The molecule has 0 aliphatic carbocycles. The monoisotopic (exact) mass is 291 g/mol. The first-order chi connectivity index (χ1) is 10.2. The van der Waals surface area contributed by atoms with E-state index in [1.165, 1.54) is 6.26 Å². The van der Waals surface area contributed by atoms with Gasteiger partial charge in [0.15, 0.2) is 5.76 Å². The van der Waals surface area contributed by atoms with E-state index in [4.69, 9.17) is 4.42 Å². The number of furan rings is 1. The predicted molar refractivity (Wildman–Crippen MR) is 76.8 cm³/mol. The van der Waals surface area contributed by atoms with Gasteiger partial charge in [0.2, 0.25) is 5.91 Å². The standard InChI is InChI=1S/C15H21N3O3/c1-2-18-10-7-16-14(20)15(18)5-8-17(9-6-15)13(19)12-4-3-11-21-12/h3-4,11H,2,5-10H2,1H3,(H,16,20). The maximum atomic E-state index is 12.4. The van der Waals surface area contributed by atoms with Gasteiger partial charge < -0.3 is 14.6 Å². The number of likely N-dealkylation sites (tertiary alicyclic amines) is 1. The predicted octanol–water partition coefficient (Wildman–Crippen LogP) is 0.706. The van der Waals surface area contributed by atoms with Crippen LogP contribution in [0.25, 0.3) is 0 Å². The molecule has 1 N–H and O–H groups in total. The van der Waals surface area contributed by atoms with Gasteiger partial charge in [-0.15, -0.1) is 0 Å². The summed E-state index contributed by atoms with van der Waals surface area (Å²) >= 11 is 0. The van der Waals surface area contributed by atoms with Crippen LogP contribution in [0.5, 0.6) is 0 Å². The van der Waals surface area contributed by atoms with Crippen LogP contribution in [-0.4, -0.2) is 59.9 Å². The van der Waals surface area contributed by atoms with Crippen molar-refractivity contribution >= 4 is 11.8 Å². The molecule has 114 valence electrons. The number of amides is 2. The molecule has 3 rings (SSSR count). The van der Waals surface area contributed by atoms with Gasteiger partial charge in [-0.2, -0.15) is 0 Å². The number of carbonyl (C=O) groups is 2. The van der Waals surface area contributed by atoms with Crippen LogP contribution in [0.2, 0.25) is 0 Å². The van der Waals surface area contributed by atoms with Crippen LogP contribution >= 0.6 is 0 Å². The Morgan fingerprint density at radius 2 is 2.14 bits per heavy atom. The summed E-state index contributed by atoms with van der Waals surface area (Å²) in [4.78, 5) is 28.7. The third-order valence-corrected chi connectivity index (χ3v) is 4.69. The summed E-state index contributed by atoms with van der Waals surface area (Å²) in [7, 11) is 0. The van der Waals surface area contributed by atoms with Crippen molar-refractivity contribution < 1.29 is 14.0 Å². The van der Waals surface area contributed by atoms with Gasteiger partial charge in [0.25, 0.3) is 5.91 Å². The SMILES string of the molecule is CCN1CCNC(=O)C12CCN(C(=O)c1ccco1)CC2. The Morgan fingerprint density at radius 1 is 1.38 bits per heavy atom. The van der Waals surface area contributed by atoms with Crippen LogP contribution in [0.4, 0.5) is 0 Å². The van der Waals surface area contributed by atoms with E-state index in [1.807, 2.05) is 0 Å². The molecular weight excluding hydrogens is 270 g/mol. The molecule has 0 bridgehead atoms. The first-order valence-electron chi connectivity index (χ1n) is 7.53. The molecule has 2 fully saturated rings. The van der Waals surface area contributed by atoms with Crippen LogP contribution in [-0.2, 0) is 4.79 Å². The van der Waals surface area contributed by atoms with Crippen molar-refractivity contribution in [2.45, 2.75) is 25.3 Å². The van der Waals surface area contributed by atoms with E-state index in [-0.39, 0.29) is 11.8 Å². The van der Waals surface area contributed by atoms with Gasteiger partial charge in [0, 0.05) is 26.2 Å². The van der Waals surface area contributed by atoms with Gasteiger partial charge in [-0.05, 0) is 31.5 Å². The number of hydrogen-bond acceptors (Lipinski definition) is 4. The summed E-state index contributed by atoms with van der Waals surface area (Å²) < 4.78 is 5.17. The van der Waals surface area contributed by atoms with E-state index in [9.17, 15) is 9.59 Å². The molecule has 2 amide bonds. The summed E-state index contributed by atoms with van der Waals surface area (Å²) in [5, 5.41) is 2.98. The zero-order valence-corrected chi connectivity index (χ0v) is 12.3. The Balaban J connectivity index is 1.71. The molecule has 6 heteroatoms. The van der Waals surface area contributed by atoms with Crippen molar-refractivity contribution in [3.8, 4) is 0 Å². The molecule has 1 aromatic rings. The average molecular weight is 291 g/mol. The first-order valence-corrected chi connectivity index (χ1v) is 7.53. The lowest BCUT2D eigenvalue weighted by molar-refractivity contribution is -0.140. The van der Waals surface area contributed by atoms with Gasteiger partial charge >= 0.3 is 0 Å². The maximum Gasteiger partial charge on any atom is 0.289 e. The van der Waals surface area contributed by atoms with Crippen molar-refractivity contribution in [3.05, 3.63) is 24.2 Å². The fourth-order valence-electron chi connectivity index (χ4n) is 3.47. The molecule has 1 spiro atoms. The Hall–Kier alpha value is -1.82. The molecule has 0 radical (unpaired) electrons. The minimum atomic E-state index is -0.438. The van der Waals surface area contributed by atoms with Crippen molar-refractivity contribution in [2.24, 2.45) is 0 Å². The van der Waals surface area contributed by atoms with Gasteiger partial charge in [-0.25, -0.2) is 0 Å². The molecule has 2 saturated heterocycles. The Kier molecular flexibility index (Phi) is 3.71. The highest BCUT2D eigenvalue weighted by molar-refractivity contribution is 5.92. The Morgan fingerprint density at radius 3 is 2.76 bits per heavy atom. The zero-order valence-electron chi connectivity index (χ0n) is 12.3. The molecule has 6 nitrogen and oxygen atoms in total. The molecule has 0 atom stereocenters. The first kappa shape index (κ1) is 14.1. The van der Waals surface area contributed by atoms with Crippen LogP contribution in [0.1, 0.15) is 30.3 Å². The highest BCUT2D eigenvalue weighted by Gasteiger charge is 2.48. The number of piperazine rings is 1. The topological polar surface area (TPSA) is 65.8 Å². The molecule has 1 aromatic heterocycles. The molecule has 21 heavy (non-hydrogen) atoms. The van der Waals surface area contributed by atoms with Crippen LogP contribution in [0.3, 0.4) is 0 Å². The van der Waals surface area contributed by atoms with E-state index in [2.05, 4.69) is 17.1 Å². The van der Waals surface area contributed by atoms with Crippen LogP contribution in [0, 0.1) is 0 Å². The number of likely N-dealkylation sites (N-methyl/N-ethyl adjacent to an activating group) is 1. The quantitative estimate of drug-likeness (QED) is 0.871. The summed E-state index contributed by atoms with van der Waals surface area (Å²) in [6.07, 6.45) is 2.87. The average Bonchev–Trinajstić information content (AvgIpc) is 3.04. The summed E-state index contributed by atoms with van der Waals surface area (Å²) in [5.41, 5.74) is -0.438. The molecule has 2 aliphatic rings. The van der Waals surface area contributed by atoms with E-state index in [1.54, 1.807) is 17.0 Å². The molecule has 0 saturated carbocycles. The largest absolute Gasteiger partial charge is 0.459 e. The van der Waals surface area contributed by atoms with Gasteiger partial charge in [0.1, 0.15) is 5.54 Å². The summed E-state index contributed by atoms with van der Waals surface area (Å²) in [6.45, 7) is 5.71. The number of nitrogens with one attached hydrogen (secondary N) is 1. The summed E-state index contributed by atoms with van der Waals surface area (Å²) in [6, 6.07) is 3.39. The smallest absolute Gasteiger partial charge is 0.289 e. The van der Waals surface area contributed by atoms with Gasteiger partial charge in [-0.1, -0.05) is 6.92 Å². The molecular formula is C15H21N3O3. The van der Waals surface area contributed by atoms with Gasteiger partial charge in [-0.3, -0.25) is 14.5 Å². The van der Waals surface area contributed by atoms with E-state index >= 15 is 0 Å². The fraction of sp³-hybridized carbons (Fsp3) is 0.600. The van der Waals surface area contributed by atoms with Crippen LogP contribution in [0.15, 0.2) is 22.8 Å². The van der Waals surface area contributed by atoms with E-state index < -0.39 is 5.54 Å². The lowest BCUT2D eigenvalue weighted by Gasteiger charge is -2.49. The minimum Gasteiger partial charge on any atom is -0.459 e. The molecule has 0 unspecified atom stereocenters. The Labute approximate surface area is 124 Å². The molecule has 2 aliphatic heterocycles. The van der Waals surface area contributed by atoms with Crippen molar-refractivity contribution in [3.63, 3.8) is 0 Å². The lowest BCUT2D eigenvalue weighted by Crippen LogP contribution is -2.68. The van der Waals surface area contributed by atoms with E-state index in [0.717, 1.165) is 13.1 Å². The maximum absolute atomic E-state index is 12.4. The Bertz CT molecular complexity index is 518. The van der Waals surface area contributed by atoms with Crippen LogP contribution < -0.4 is 5.32 Å². The zero-order chi connectivity index (χ0) is 14.9. The fourth-order valence-corrected chi connectivity index (χ4v) is 3.47. The van der Waals surface area contributed by atoms with Crippen molar-refractivity contribution in [2.75, 3.05) is 32.7 Å².